The highest BCUT2D eigenvalue weighted by molar-refractivity contribution is 8.18. The van der Waals surface area contributed by atoms with Crippen LogP contribution in [0.4, 0.5) is 10.5 Å². The van der Waals surface area contributed by atoms with Crippen molar-refractivity contribution in [2.45, 2.75) is 4.90 Å². The Balaban J connectivity index is 1.46. The Labute approximate surface area is 223 Å². The fourth-order valence-electron chi connectivity index (χ4n) is 3.40. The van der Waals surface area contributed by atoms with Gasteiger partial charge in [0.2, 0.25) is 5.91 Å². The molecule has 0 atom stereocenters. The maximum absolute atomic E-state index is 12.8. The lowest BCUT2D eigenvalue weighted by molar-refractivity contribution is -0.127. The highest BCUT2D eigenvalue weighted by atomic mass is 32.2. The van der Waals surface area contributed by atoms with Crippen LogP contribution in [0.1, 0.15) is 5.56 Å². The van der Waals surface area contributed by atoms with E-state index in [9.17, 15) is 22.8 Å². The highest BCUT2D eigenvalue weighted by Gasteiger charge is 2.36. The molecule has 0 aliphatic carbocycles. The zero-order chi connectivity index (χ0) is 27.3. The van der Waals surface area contributed by atoms with Crippen molar-refractivity contribution < 1.29 is 36.5 Å². The minimum Gasteiger partial charge on any atom is -0.497 e. The first kappa shape index (κ1) is 26.8. The first-order valence-corrected chi connectivity index (χ1v) is 13.3. The van der Waals surface area contributed by atoms with Gasteiger partial charge in [0.1, 0.15) is 17.2 Å². The van der Waals surface area contributed by atoms with E-state index in [1.165, 1.54) is 50.6 Å². The quantitative estimate of drug-likeness (QED) is 0.306. The van der Waals surface area contributed by atoms with Gasteiger partial charge in [0.05, 0.1) is 19.1 Å². The number of carbonyl (C=O) groups excluding carboxylic acids is 3. The van der Waals surface area contributed by atoms with E-state index >= 15 is 0 Å². The molecule has 3 aromatic carbocycles. The van der Waals surface area contributed by atoms with Gasteiger partial charge in [0, 0.05) is 5.69 Å². The van der Waals surface area contributed by atoms with Crippen molar-refractivity contribution in [2.24, 2.45) is 0 Å². The van der Waals surface area contributed by atoms with Crippen LogP contribution in [-0.2, 0) is 19.7 Å². The molecule has 0 bridgehead atoms. The average molecular weight is 555 g/mol. The average Bonchev–Trinajstić information content (AvgIpc) is 3.17. The summed E-state index contributed by atoms with van der Waals surface area (Å²) in [4.78, 5) is 38.6. The van der Waals surface area contributed by atoms with Gasteiger partial charge in [-0.05, 0) is 71.9 Å². The molecule has 1 heterocycles. The van der Waals surface area contributed by atoms with Crippen molar-refractivity contribution >= 4 is 50.7 Å². The van der Waals surface area contributed by atoms with Gasteiger partial charge in [-0.1, -0.05) is 24.3 Å². The zero-order valence-corrected chi connectivity index (χ0v) is 21.9. The predicted molar refractivity (Wildman–Crippen MR) is 142 cm³/mol. The van der Waals surface area contributed by atoms with Gasteiger partial charge in [-0.2, -0.15) is 8.42 Å². The molecule has 1 saturated heterocycles. The van der Waals surface area contributed by atoms with Crippen molar-refractivity contribution in [2.75, 3.05) is 26.1 Å². The number of nitrogens with zero attached hydrogens (tertiary/aromatic N) is 1. The molecule has 0 saturated carbocycles. The van der Waals surface area contributed by atoms with E-state index < -0.39 is 33.7 Å². The van der Waals surface area contributed by atoms with Gasteiger partial charge in [-0.25, -0.2) is 0 Å². The van der Waals surface area contributed by atoms with Crippen LogP contribution in [-0.4, -0.2) is 51.1 Å². The lowest BCUT2D eigenvalue weighted by atomic mass is 10.2. The van der Waals surface area contributed by atoms with E-state index in [2.05, 4.69) is 5.32 Å². The summed E-state index contributed by atoms with van der Waals surface area (Å²) >= 11 is 0.689. The molecule has 0 spiro atoms. The van der Waals surface area contributed by atoms with Crippen molar-refractivity contribution in [1.29, 1.82) is 0 Å². The lowest BCUT2D eigenvalue weighted by Gasteiger charge is -2.13. The van der Waals surface area contributed by atoms with Crippen LogP contribution in [0.3, 0.4) is 0 Å². The van der Waals surface area contributed by atoms with E-state index in [0.29, 0.717) is 28.8 Å². The first-order chi connectivity index (χ1) is 18.2. The Hall–Kier alpha value is -4.29. The molecule has 1 fully saturated rings. The van der Waals surface area contributed by atoms with Gasteiger partial charge in [-0.3, -0.25) is 19.3 Å². The minimum absolute atomic E-state index is 0.0177. The van der Waals surface area contributed by atoms with Gasteiger partial charge < -0.3 is 19.0 Å². The summed E-state index contributed by atoms with van der Waals surface area (Å²) in [5.74, 6) is -0.487. The summed E-state index contributed by atoms with van der Waals surface area (Å²) in [5.41, 5.74) is 0.946. The fraction of sp³-hybridized carbons (Fsp3) is 0.115. The van der Waals surface area contributed by atoms with Crippen LogP contribution in [0, 0.1) is 0 Å². The number of methoxy groups -OCH3 is 2. The summed E-state index contributed by atoms with van der Waals surface area (Å²) in [5, 5.41) is 2.04. The number of hydrogen-bond acceptors (Lipinski definition) is 9. The fourth-order valence-corrected chi connectivity index (χ4v) is 5.20. The van der Waals surface area contributed by atoms with Crippen LogP contribution < -0.4 is 19.0 Å². The third-order valence-corrected chi connectivity index (χ3v) is 7.42. The molecule has 3 aromatic rings. The maximum Gasteiger partial charge on any atom is 0.339 e. The number of anilines is 1. The Bertz CT molecular complexity index is 1500. The van der Waals surface area contributed by atoms with Crippen LogP contribution >= 0.6 is 11.8 Å². The number of rotatable bonds is 9. The minimum atomic E-state index is -4.09. The number of benzene rings is 3. The molecule has 0 aromatic heterocycles. The third-order valence-electron chi connectivity index (χ3n) is 5.27. The maximum atomic E-state index is 12.8. The number of imide groups is 1. The standard InChI is InChI=1S/C26H22N2O8S2/c1-34-19-11-9-18(10-12-19)27-24(29)16-28-25(30)23(37-26(28)31)15-17-8-13-21(22(14-17)35-2)36-38(32,33)20-6-4-3-5-7-20/h3-15H,16H2,1-2H3,(H,27,29)/b23-15-. The molecule has 1 aliphatic heterocycles. The highest BCUT2D eigenvalue weighted by Crippen LogP contribution is 2.35. The molecule has 0 radical (unpaired) electrons. The van der Waals surface area contributed by atoms with Crippen LogP contribution in [0.25, 0.3) is 6.08 Å². The van der Waals surface area contributed by atoms with Crippen LogP contribution in [0.2, 0.25) is 0 Å². The van der Waals surface area contributed by atoms with Crippen LogP contribution in [0.15, 0.2) is 82.6 Å². The summed E-state index contributed by atoms with van der Waals surface area (Å²) < 4.78 is 40.7. The third kappa shape index (κ3) is 6.15. The molecule has 4 rings (SSSR count). The van der Waals surface area contributed by atoms with Gasteiger partial charge in [-0.15, -0.1) is 0 Å². The molecule has 1 aliphatic rings. The second-order valence-corrected chi connectivity index (χ2v) is 10.3. The SMILES string of the molecule is COc1ccc(NC(=O)CN2C(=O)S/C(=C\c3ccc(OS(=O)(=O)c4ccccc4)c(OC)c3)C2=O)cc1. The topological polar surface area (TPSA) is 128 Å². The molecule has 1 N–H and O–H groups in total. The largest absolute Gasteiger partial charge is 0.497 e. The Morgan fingerprint density at radius 1 is 0.947 bits per heavy atom. The van der Waals surface area contributed by atoms with Gasteiger partial charge >= 0.3 is 10.1 Å². The Kier molecular flexibility index (Phi) is 8.03. The molecule has 38 heavy (non-hydrogen) atoms. The molecule has 10 nitrogen and oxygen atoms in total. The zero-order valence-electron chi connectivity index (χ0n) is 20.2. The summed E-state index contributed by atoms with van der Waals surface area (Å²) in [6, 6.07) is 18.6. The predicted octanol–water partition coefficient (Wildman–Crippen LogP) is 4.15. The number of nitrogens with one attached hydrogen (secondary N) is 1. The van der Waals surface area contributed by atoms with Crippen molar-refractivity contribution in [3.05, 3.63) is 83.3 Å². The van der Waals surface area contributed by atoms with E-state index in [-0.39, 0.29) is 21.3 Å². The van der Waals surface area contributed by atoms with E-state index in [4.69, 9.17) is 13.7 Å². The number of thioether (sulfide) groups is 1. The molecule has 12 heteroatoms. The number of ether oxygens (including phenoxy) is 2. The van der Waals surface area contributed by atoms with E-state index in [1.807, 2.05) is 0 Å². The number of hydrogen-bond donors (Lipinski definition) is 1. The second kappa shape index (κ2) is 11.4. The molecule has 0 unspecified atom stereocenters. The van der Waals surface area contributed by atoms with E-state index in [0.717, 1.165) is 4.90 Å². The second-order valence-electron chi connectivity index (χ2n) is 7.81. The normalized spacial score (nSPS) is 14.5. The molecule has 196 valence electrons. The summed E-state index contributed by atoms with van der Waals surface area (Å²) in [6.45, 7) is -0.457. The molecular weight excluding hydrogens is 532 g/mol. The smallest absolute Gasteiger partial charge is 0.339 e. The van der Waals surface area contributed by atoms with Gasteiger partial charge in [0.15, 0.2) is 11.5 Å². The van der Waals surface area contributed by atoms with Crippen molar-refractivity contribution in [3.8, 4) is 17.2 Å². The van der Waals surface area contributed by atoms with Crippen molar-refractivity contribution in [1.82, 2.24) is 4.90 Å². The Morgan fingerprint density at radius 2 is 1.66 bits per heavy atom. The Morgan fingerprint density at radius 3 is 2.32 bits per heavy atom. The molecular formula is C26H22N2O8S2. The number of amides is 3. The molecule has 3 amide bonds. The monoisotopic (exact) mass is 554 g/mol. The first-order valence-electron chi connectivity index (χ1n) is 11.1. The number of carbonyl (C=O) groups is 3. The van der Waals surface area contributed by atoms with Gasteiger partial charge in [0.25, 0.3) is 11.1 Å². The van der Waals surface area contributed by atoms with Crippen molar-refractivity contribution in [3.63, 3.8) is 0 Å². The summed E-state index contributed by atoms with van der Waals surface area (Å²) in [6.07, 6.45) is 1.45. The summed E-state index contributed by atoms with van der Waals surface area (Å²) in [7, 11) is -1.22. The van der Waals surface area contributed by atoms with Crippen LogP contribution in [0.5, 0.6) is 17.2 Å². The lowest BCUT2D eigenvalue weighted by Crippen LogP contribution is -2.36. The van der Waals surface area contributed by atoms with E-state index in [1.54, 1.807) is 42.5 Å².